The average Bonchev–Trinajstić information content (AvgIpc) is 3.18. The molecule has 0 amide bonds. The van der Waals surface area contributed by atoms with E-state index in [9.17, 15) is 9.59 Å². The molecule has 5 rings (SSSR count). The third-order valence-electron chi connectivity index (χ3n) is 5.85. The van der Waals surface area contributed by atoms with Crippen molar-refractivity contribution in [2.24, 2.45) is 0 Å². The number of carbonyl (C=O) groups is 2. The maximum absolute atomic E-state index is 13.2. The van der Waals surface area contributed by atoms with Crippen LogP contribution in [0.2, 0.25) is 0 Å². The number of benzene rings is 2. The Balaban J connectivity index is 1.59. The number of hydrogen-bond acceptors (Lipinski definition) is 8. The van der Waals surface area contributed by atoms with Gasteiger partial charge in [0.05, 0.1) is 33.3 Å². The molecule has 172 valence electrons. The number of nitrogens with zero attached hydrogens (tertiary/aromatic N) is 1. The van der Waals surface area contributed by atoms with E-state index < -0.39 is 0 Å². The Morgan fingerprint density at radius 1 is 1.00 bits per heavy atom. The molecule has 0 N–H and O–H groups in total. The van der Waals surface area contributed by atoms with Crippen LogP contribution in [0.15, 0.2) is 54.6 Å². The Morgan fingerprint density at radius 3 is 2.41 bits per heavy atom. The Labute approximate surface area is 195 Å². The Bertz CT molecular complexity index is 1310. The third kappa shape index (κ3) is 3.53. The van der Waals surface area contributed by atoms with Gasteiger partial charge in [-0.2, -0.15) is 0 Å². The summed E-state index contributed by atoms with van der Waals surface area (Å²) in [5.41, 5.74) is 2.54. The van der Waals surface area contributed by atoms with Crippen molar-refractivity contribution in [3.63, 3.8) is 0 Å². The van der Waals surface area contributed by atoms with Crippen LogP contribution in [0.5, 0.6) is 28.7 Å². The summed E-state index contributed by atoms with van der Waals surface area (Å²) in [6.07, 6.45) is 5.11. The zero-order chi connectivity index (χ0) is 23.8. The van der Waals surface area contributed by atoms with Crippen LogP contribution in [-0.4, -0.2) is 38.1 Å². The first-order valence-corrected chi connectivity index (χ1v) is 10.6. The van der Waals surface area contributed by atoms with Crippen LogP contribution in [0.3, 0.4) is 0 Å². The van der Waals surface area contributed by atoms with Gasteiger partial charge in [-0.05, 0) is 47.5 Å². The standard InChI is InChI=1S/C26H21NO7/c1-30-20-10-14(11-21(31-2)26(20)32-3)9-19-24(29)16-6-7-18-23(25(16)34-19)17(12-22(28)33-18)15-5-4-8-27-13-15/h4-11,13,17H,12H2,1-3H3/b19-9-. The molecule has 0 fully saturated rings. The van der Waals surface area contributed by atoms with Gasteiger partial charge < -0.3 is 23.7 Å². The quantitative estimate of drug-likeness (QED) is 0.319. The van der Waals surface area contributed by atoms with E-state index in [2.05, 4.69) is 4.98 Å². The summed E-state index contributed by atoms with van der Waals surface area (Å²) in [6.45, 7) is 0. The number of ketones is 1. The summed E-state index contributed by atoms with van der Waals surface area (Å²) in [4.78, 5) is 29.7. The molecule has 3 aromatic rings. The van der Waals surface area contributed by atoms with Gasteiger partial charge in [-0.25, -0.2) is 0 Å². The van der Waals surface area contributed by atoms with E-state index in [1.165, 1.54) is 21.3 Å². The molecule has 2 aliphatic heterocycles. The van der Waals surface area contributed by atoms with Gasteiger partial charge in [0, 0.05) is 23.9 Å². The average molecular weight is 459 g/mol. The number of allylic oxidation sites excluding steroid dienone is 1. The Kier molecular flexibility index (Phi) is 5.41. The van der Waals surface area contributed by atoms with E-state index >= 15 is 0 Å². The second-order valence-electron chi connectivity index (χ2n) is 7.77. The van der Waals surface area contributed by atoms with Crippen LogP contribution in [0, 0.1) is 0 Å². The maximum Gasteiger partial charge on any atom is 0.312 e. The van der Waals surface area contributed by atoms with Crippen molar-refractivity contribution < 1.29 is 33.3 Å². The summed E-state index contributed by atoms with van der Waals surface area (Å²) in [7, 11) is 4.56. The monoisotopic (exact) mass is 459 g/mol. The van der Waals surface area contributed by atoms with Crippen LogP contribution < -0.4 is 23.7 Å². The molecule has 1 aromatic heterocycles. The van der Waals surface area contributed by atoms with Crippen LogP contribution in [0.4, 0.5) is 0 Å². The number of ether oxygens (including phenoxy) is 5. The topological polar surface area (TPSA) is 93.2 Å². The molecule has 0 saturated carbocycles. The lowest BCUT2D eigenvalue weighted by atomic mass is 9.85. The highest BCUT2D eigenvalue weighted by molar-refractivity contribution is 6.15. The van der Waals surface area contributed by atoms with Gasteiger partial charge in [0.2, 0.25) is 11.5 Å². The first kappa shape index (κ1) is 21.5. The minimum atomic E-state index is -0.348. The molecule has 1 unspecified atom stereocenters. The zero-order valence-corrected chi connectivity index (χ0v) is 18.8. The predicted molar refractivity (Wildman–Crippen MR) is 122 cm³/mol. The fourth-order valence-electron chi connectivity index (χ4n) is 4.31. The molecule has 0 spiro atoms. The van der Waals surface area contributed by atoms with Gasteiger partial charge in [0.1, 0.15) is 11.5 Å². The number of hydrogen-bond donors (Lipinski definition) is 0. The number of pyridine rings is 1. The number of fused-ring (bicyclic) bond motifs is 3. The first-order chi connectivity index (χ1) is 16.5. The molecule has 34 heavy (non-hydrogen) atoms. The second-order valence-corrected chi connectivity index (χ2v) is 7.77. The molecule has 0 aliphatic carbocycles. The lowest BCUT2D eigenvalue weighted by molar-refractivity contribution is -0.135. The summed E-state index contributed by atoms with van der Waals surface area (Å²) in [6, 6.07) is 10.4. The molecule has 0 bridgehead atoms. The zero-order valence-electron chi connectivity index (χ0n) is 18.8. The lowest BCUT2D eigenvalue weighted by Gasteiger charge is -2.26. The number of Topliss-reactive ketones (excluding diaryl/α,β-unsaturated/α-hetero) is 1. The van der Waals surface area contributed by atoms with Gasteiger partial charge >= 0.3 is 5.97 Å². The van der Waals surface area contributed by atoms with E-state index in [-0.39, 0.29) is 29.9 Å². The van der Waals surface area contributed by atoms with Crippen molar-refractivity contribution in [1.29, 1.82) is 0 Å². The summed E-state index contributed by atoms with van der Waals surface area (Å²) < 4.78 is 27.7. The number of carbonyl (C=O) groups excluding carboxylic acids is 2. The van der Waals surface area contributed by atoms with E-state index in [1.807, 2.05) is 6.07 Å². The summed E-state index contributed by atoms with van der Waals surface area (Å²) in [5.74, 6) is 1.31. The molecule has 0 radical (unpaired) electrons. The van der Waals surface area contributed by atoms with Crippen molar-refractivity contribution in [3.8, 4) is 28.7 Å². The fraction of sp³-hybridized carbons (Fsp3) is 0.192. The Morgan fingerprint density at radius 2 is 1.76 bits per heavy atom. The van der Waals surface area contributed by atoms with Gasteiger partial charge in [0.25, 0.3) is 0 Å². The number of aromatic nitrogens is 1. The highest BCUT2D eigenvalue weighted by Gasteiger charge is 2.38. The van der Waals surface area contributed by atoms with Crippen LogP contribution in [0.1, 0.15) is 39.4 Å². The van der Waals surface area contributed by atoms with E-state index in [0.29, 0.717) is 45.4 Å². The van der Waals surface area contributed by atoms with Crippen molar-refractivity contribution in [1.82, 2.24) is 4.98 Å². The Hall–Kier alpha value is -4.33. The highest BCUT2D eigenvalue weighted by Crippen LogP contribution is 2.49. The molecule has 0 saturated heterocycles. The number of methoxy groups -OCH3 is 3. The SMILES string of the molecule is COc1cc(/C=C2\Oc3c(ccc4c3C(c3cccnc3)CC(=O)O4)C2=O)cc(OC)c1OC. The van der Waals surface area contributed by atoms with Crippen molar-refractivity contribution >= 4 is 17.8 Å². The smallest absolute Gasteiger partial charge is 0.312 e. The number of rotatable bonds is 5. The number of esters is 1. The predicted octanol–water partition coefficient (Wildman–Crippen LogP) is 4.16. The normalized spacial score (nSPS) is 17.5. The molecule has 3 heterocycles. The molecular formula is C26H21NO7. The fourth-order valence-corrected chi connectivity index (χ4v) is 4.31. The van der Waals surface area contributed by atoms with Crippen molar-refractivity contribution in [2.45, 2.75) is 12.3 Å². The molecule has 1 atom stereocenters. The van der Waals surface area contributed by atoms with Gasteiger partial charge in [-0.1, -0.05) is 6.07 Å². The van der Waals surface area contributed by atoms with E-state index in [0.717, 1.165) is 5.56 Å². The van der Waals surface area contributed by atoms with E-state index in [4.69, 9.17) is 23.7 Å². The maximum atomic E-state index is 13.2. The summed E-state index contributed by atoms with van der Waals surface area (Å²) in [5, 5.41) is 0. The molecule has 8 nitrogen and oxygen atoms in total. The lowest BCUT2D eigenvalue weighted by Crippen LogP contribution is -2.21. The van der Waals surface area contributed by atoms with Gasteiger partial charge in [-0.15, -0.1) is 0 Å². The van der Waals surface area contributed by atoms with Gasteiger partial charge in [-0.3, -0.25) is 14.6 Å². The van der Waals surface area contributed by atoms with Gasteiger partial charge in [0.15, 0.2) is 17.3 Å². The highest BCUT2D eigenvalue weighted by atomic mass is 16.5. The minimum absolute atomic E-state index is 0.124. The molecule has 2 aromatic carbocycles. The minimum Gasteiger partial charge on any atom is -0.493 e. The van der Waals surface area contributed by atoms with Crippen molar-refractivity contribution in [3.05, 3.63) is 76.8 Å². The van der Waals surface area contributed by atoms with Crippen molar-refractivity contribution in [2.75, 3.05) is 21.3 Å². The first-order valence-electron chi connectivity index (χ1n) is 10.6. The summed E-state index contributed by atoms with van der Waals surface area (Å²) >= 11 is 0. The van der Waals surface area contributed by atoms with Crippen LogP contribution >= 0.6 is 0 Å². The molecule has 8 heteroatoms. The van der Waals surface area contributed by atoms with Crippen LogP contribution in [0.25, 0.3) is 6.08 Å². The van der Waals surface area contributed by atoms with Crippen LogP contribution in [-0.2, 0) is 4.79 Å². The second kappa shape index (κ2) is 8.55. The molecule has 2 aliphatic rings. The largest absolute Gasteiger partial charge is 0.493 e. The van der Waals surface area contributed by atoms with E-state index in [1.54, 1.807) is 48.8 Å². The third-order valence-corrected chi connectivity index (χ3v) is 5.85. The molecular weight excluding hydrogens is 438 g/mol.